The number of hydrogen-bond acceptors (Lipinski definition) is 1. The monoisotopic (exact) mass is 165 g/mol. The molecule has 1 unspecified atom stereocenters. The SMILES string of the molecule is NC1C=C(CC2CCCC2)CC1. The van der Waals surface area contributed by atoms with Crippen molar-refractivity contribution in [2.45, 2.75) is 51.0 Å². The molecule has 2 aliphatic carbocycles. The molecule has 1 fully saturated rings. The van der Waals surface area contributed by atoms with Crippen molar-refractivity contribution in [1.82, 2.24) is 0 Å². The Balaban J connectivity index is 1.82. The lowest BCUT2D eigenvalue weighted by Crippen LogP contribution is -2.11. The van der Waals surface area contributed by atoms with Crippen molar-refractivity contribution >= 4 is 0 Å². The van der Waals surface area contributed by atoms with E-state index in [1.165, 1.54) is 44.9 Å². The van der Waals surface area contributed by atoms with Gasteiger partial charge in [0.25, 0.3) is 0 Å². The molecule has 68 valence electrons. The Morgan fingerprint density at radius 3 is 2.58 bits per heavy atom. The zero-order valence-corrected chi connectivity index (χ0v) is 7.76. The first-order chi connectivity index (χ1) is 5.84. The Hall–Kier alpha value is -0.300. The van der Waals surface area contributed by atoms with Crippen LogP contribution in [0.5, 0.6) is 0 Å². The van der Waals surface area contributed by atoms with Gasteiger partial charge in [-0.25, -0.2) is 0 Å². The van der Waals surface area contributed by atoms with Crippen LogP contribution in [0.2, 0.25) is 0 Å². The maximum atomic E-state index is 5.82. The minimum Gasteiger partial charge on any atom is -0.324 e. The van der Waals surface area contributed by atoms with Crippen molar-refractivity contribution < 1.29 is 0 Å². The second-order valence-electron chi connectivity index (χ2n) is 4.38. The maximum absolute atomic E-state index is 5.82. The Morgan fingerprint density at radius 2 is 2.00 bits per heavy atom. The molecule has 0 bridgehead atoms. The molecular formula is C11H19N. The fourth-order valence-corrected chi connectivity index (χ4v) is 2.58. The van der Waals surface area contributed by atoms with Crippen molar-refractivity contribution in [3.05, 3.63) is 11.6 Å². The molecule has 2 aliphatic rings. The van der Waals surface area contributed by atoms with Crippen LogP contribution in [0.15, 0.2) is 11.6 Å². The molecule has 0 radical (unpaired) electrons. The van der Waals surface area contributed by atoms with Crippen LogP contribution in [0, 0.1) is 5.92 Å². The molecule has 0 saturated heterocycles. The third-order valence-corrected chi connectivity index (χ3v) is 3.27. The molecular weight excluding hydrogens is 146 g/mol. The van der Waals surface area contributed by atoms with Crippen molar-refractivity contribution in [2.24, 2.45) is 11.7 Å². The molecule has 1 atom stereocenters. The zero-order chi connectivity index (χ0) is 8.39. The van der Waals surface area contributed by atoms with Crippen LogP contribution in [0.1, 0.15) is 44.9 Å². The van der Waals surface area contributed by atoms with Crippen molar-refractivity contribution in [3.63, 3.8) is 0 Å². The summed E-state index contributed by atoms with van der Waals surface area (Å²) in [6, 6.07) is 0.376. The molecule has 1 nitrogen and oxygen atoms in total. The van der Waals surface area contributed by atoms with Gasteiger partial charge in [0, 0.05) is 6.04 Å². The summed E-state index contributed by atoms with van der Waals surface area (Å²) in [5.41, 5.74) is 7.47. The Kier molecular flexibility index (Phi) is 2.50. The molecule has 2 N–H and O–H groups in total. The first-order valence-electron chi connectivity index (χ1n) is 5.30. The fraction of sp³-hybridized carbons (Fsp3) is 0.818. The van der Waals surface area contributed by atoms with Crippen molar-refractivity contribution in [3.8, 4) is 0 Å². The van der Waals surface area contributed by atoms with E-state index in [0.717, 1.165) is 5.92 Å². The first kappa shape index (κ1) is 8.31. The lowest BCUT2D eigenvalue weighted by Gasteiger charge is -2.08. The van der Waals surface area contributed by atoms with E-state index in [-0.39, 0.29) is 0 Å². The van der Waals surface area contributed by atoms with Gasteiger partial charge in [0.05, 0.1) is 0 Å². The topological polar surface area (TPSA) is 26.0 Å². The third kappa shape index (κ3) is 1.89. The molecule has 0 aromatic heterocycles. The molecule has 1 heteroatoms. The van der Waals surface area contributed by atoms with Gasteiger partial charge in [0.1, 0.15) is 0 Å². The van der Waals surface area contributed by atoms with E-state index >= 15 is 0 Å². The average molecular weight is 165 g/mol. The summed E-state index contributed by atoms with van der Waals surface area (Å²) in [4.78, 5) is 0. The quantitative estimate of drug-likeness (QED) is 0.625. The van der Waals surface area contributed by atoms with Gasteiger partial charge in [0.15, 0.2) is 0 Å². The Bertz CT molecular complexity index is 177. The smallest absolute Gasteiger partial charge is 0.0229 e. The number of nitrogens with two attached hydrogens (primary N) is 1. The maximum Gasteiger partial charge on any atom is 0.0229 e. The molecule has 0 aliphatic heterocycles. The minimum atomic E-state index is 0.376. The molecule has 0 amide bonds. The molecule has 1 saturated carbocycles. The highest BCUT2D eigenvalue weighted by molar-refractivity contribution is 5.14. The van der Waals surface area contributed by atoms with E-state index in [1.807, 2.05) is 0 Å². The summed E-state index contributed by atoms with van der Waals surface area (Å²) in [6.45, 7) is 0. The van der Waals surface area contributed by atoms with Gasteiger partial charge in [-0.15, -0.1) is 0 Å². The molecule has 0 heterocycles. The summed E-state index contributed by atoms with van der Waals surface area (Å²) < 4.78 is 0. The standard InChI is InChI=1S/C11H19N/c12-11-6-5-10(8-11)7-9-3-1-2-4-9/h8-9,11H,1-7,12H2. The van der Waals surface area contributed by atoms with Crippen molar-refractivity contribution in [2.75, 3.05) is 0 Å². The highest BCUT2D eigenvalue weighted by Crippen LogP contribution is 2.33. The van der Waals surface area contributed by atoms with E-state index in [2.05, 4.69) is 6.08 Å². The predicted octanol–water partition coefficient (Wildman–Crippen LogP) is 2.61. The molecule has 2 rings (SSSR count). The largest absolute Gasteiger partial charge is 0.324 e. The number of allylic oxidation sites excluding steroid dienone is 1. The first-order valence-corrected chi connectivity index (χ1v) is 5.30. The van der Waals surface area contributed by atoms with Gasteiger partial charge in [-0.3, -0.25) is 0 Å². The second kappa shape index (κ2) is 3.61. The zero-order valence-electron chi connectivity index (χ0n) is 7.76. The molecule has 0 aromatic rings. The summed E-state index contributed by atoms with van der Waals surface area (Å²) in [7, 11) is 0. The van der Waals surface area contributed by atoms with E-state index in [4.69, 9.17) is 5.73 Å². The van der Waals surface area contributed by atoms with Gasteiger partial charge in [-0.2, -0.15) is 0 Å². The van der Waals surface area contributed by atoms with Crippen LogP contribution in [-0.4, -0.2) is 6.04 Å². The van der Waals surface area contributed by atoms with Gasteiger partial charge in [0.2, 0.25) is 0 Å². The van der Waals surface area contributed by atoms with Crippen LogP contribution in [0.4, 0.5) is 0 Å². The summed E-state index contributed by atoms with van der Waals surface area (Å²) in [5.74, 6) is 1.00. The minimum absolute atomic E-state index is 0.376. The predicted molar refractivity (Wildman–Crippen MR) is 51.9 cm³/mol. The van der Waals surface area contributed by atoms with Gasteiger partial charge >= 0.3 is 0 Å². The third-order valence-electron chi connectivity index (χ3n) is 3.27. The van der Waals surface area contributed by atoms with E-state index in [9.17, 15) is 0 Å². The summed E-state index contributed by atoms with van der Waals surface area (Å²) >= 11 is 0. The van der Waals surface area contributed by atoms with Gasteiger partial charge < -0.3 is 5.73 Å². The number of hydrogen-bond donors (Lipinski definition) is 1. The van der Waals surface area contributed by atoms with E-state index < -0.39 is 0 Å². The Labute approximate surface area is 75.0 Å². The highest BCUT2D eigenvalue weighted by Gasteiger charge is 2.19. The lowest BCUT2D eigenvalue weighted by molar-refractivity contribution is 0.537. The lowest BCUT2D eigenvalue weighted by atomic mass is 9.98. The molecule has 12 heavy (non-hydrogen) atoms. The van der Waals surface area contributed by atoms with Crippen LogP contribution in [-0.2, 0) is 0 Å². The average Bonchev–Trinajstić information content (AvgIpc) is 2.63. The summed E-state index contributed by atoms with van der Waals surface area (Å²) in [5, 5.41) is 0. The second-order valence-corrected chi connectivity index (χ2v) is 4.38. The highest BCUT2D eigenvalue weighted by atomic mass is 14.6. The summed E-state index contributed by atoms with van der Waals surface area (Å²) in [6.07, 6.45) is 12.0. The van der Waals surface area contributed by atoms with Crippen LogP contribution >= 0.6 is 0 Å². The van der Waals surface area contributed by atoms with Gasteiger partial charge in [-0.05, 0) is 25.2 Å². The van der Waals surface area contributed by atoms with E-state index in [1.54, 1.807) is 5.57 Å². The van der Waals surface area contributed by atoms with Gasteiger partial charge in [-0.1, -0.05) is 37.3 Å². The fourth-order valence-electron chi connectivity index (χ4n) is 2.58. The number of rotatable bonds is 2. The van der Waals surface area contributed by atoms with Crippen molar-refractivity contribution in [1.29, 1.82) is 0 Å². The molecule has 0 aromatic carbocycles. The Morgan fingerprint density at radius 1 is 1.25 bits per heavy atom. The van der Waals surface area contributed by atoms with Crippen LogP contribution < -0.4 is 5.73 Å². The van der Waals surface area contributed by atoms with E-state index in [0.29, 0.717) is 6.04 Å². The normalized spacial score (nSPS) is 31.1. The molecule has 0 spiro atoms. The van der Waals surface area contributed by atoms with Crippen LogP contribution in [0.3, 0.4) is 0 Å². The van der Waals surface area contributed by atoms with Crippen LogP contribution in [0.25, 0.3) is 0 Å².